The first-order valence-corrected chi connectivity index (χ1v) is 14.6. The molecule has 0 unspecified atom stereocenters. The standard InChI is InChI=1S/C24H35BrO4.C8H12O2/c1-17(2)11-12-19-13-14-21(15-22(19)27-4)28-16-23(18(3)25)29-24(26)20-9-7-5-6-8-10-20;1-7(2)4-8(3)5-10-6-9/h13-15,17,20H,5-12,16H2,1-4H3;4,6H,3,5H2,1-2H3/b23-18-;. The summed E-state index contributed by atoms with van der Waals surface area (Å²) in [5, 5.41) is 0. The number of hydrogen-bond donors (Lipinski definition) is 0. The molecule has 1 aliphatic carbocycles. The SMILES string of the molecule is C=C(C=C(C)C)COC=O.COc1cc(OC/C(OC(=O)C2CCCCCC2)=C(\C)Br)ccc1CCC(C)C. The summed E-state index contributed by atoms with van der Waals surface area (Å²) in [6.45, 7) is 14.8. The van der Waals surface area contributed by atoms with Crippen LogP contribution in [-0.2, 0) is 25.5 Å². The molecule has 0 atom stereocenters. The van der Waals surface area contributed by atoms with Crippen molar-refractivity contribution in [2.75, 3.05) is 20.3 Å². The number of ether oxygens (including phenoxy) is 4. The normalized spacial score (nSPS) is 14.2. The van der Waals surface area contributed by atoms with Gasteiger partial charge in [-0.3, -0.25) is 9.59 Å². The van der Waals surface area contributed by atoms with Gasteiger partial charge in [-0.15, -0.1) is 0 Å². The maximum Gasteiger partial charge on any atom is 0.314 e. The van der Waals surface area contributed by atoms with Crippen molar-refractivity contribution in [2.45, 2.75) is 86.0 Å². The van der Waals surface area contributed by atoms with Crippen molar-refractivity contribution in [1.29, 1.82) is 0 Å². The maximum atomic E-state index is 12.6. The molecule has 1 saturated carbocycles. The monoisotopic (exact) mass is 606 g/mol. The van der Waals surface area contributed by atoms with E-state index in [0.29, 0.717) is 23.9 Å². The van der Waals surface area contributed by atoms with Gasteiger partial charge in [0.15, 0.2) is 5.76 Å². The molecule has 7 heteroatoms. The van der Waals surface area contributed by atoms with Crippen molar-refractivity contribution in [3.63, 3.8) is 0 Å². The highest BCUT2D eigenvalue weighted by Crippen LogP contribution is 2.29. The Morgan fingerprint density at radius 1 is 1.10 bits per heavy atom. The van der Waals surface area contributed by atoms with Gasteiger partial charge in [0.2, 0.25) is 0 Å². The molecule has 218 valence electrons. The van der Waals surface area contributed by atoms with E-state index < -0.39 is 0 Å². The second-order valence-electron chi connectivity index (χ2n) is 10.5. The fourth-order valence-corrected chi connectivity index (χ4v) is 4.32. The molecule has 0 N–H and O–H groups in total. The van der Waals surface area contributed by atoms with Crippen LogP contribution in [0.15, 0.2) is 52.2 Å². The van der Waals surface area contributed by atoms with Gasteiger partial charge in [0, 0.05) is 10.5 Å². The zero-order valence-electron chi connectivity index (χ0n) is 24.6. The molecule has 0 radical (unpaired) electrons. The topological polar surface area (TPSA) is 71.1 Å². The van der Waals surface area contributed by atoms with Crippen molar-refractivity contribution in [3.05, 3.63) is 57.8 Å². The number of carbonyl (C=O) groups is 2. The molecule has 39 heavy (non-hydrogen) atoms. The third kappa shape index (κ3) is 15.0. The van der Waals surface area contributed by atoms with E-state index in [1.54, 1.807) is 7.11 Å². The summed E-state index contributed by atoms with van der Waals surface area (Å²) in [4.78, 5) is 22.3. The van der Waals surface area contributed by atoms with Crippen LogP contribution in [0.25, 0.3) is 0 Å². The van der Waals surface area contributed by atoms with Gasteiger partial charge in [-0.05, 0) is 69.6 Å². The summed E-state index contributed by atoms with van der Waals surface area (Å²) in [5.41, 5.74) is 3.15. The average Bonchev–Trinajstić information content (AvgIpc) is 3.18. The van der Waals surface area contributed by atoms with Crippen molar-refractivity contribution in [2.24, 2.45) is 11.8 Å². The number of methoxy groups -OCH3 is 1. The van der Waals surface area contributed by atoms with E-state index in [2.05, 4.69) is 47.2 Å². The Labute approximate surface area is 243 Å². The van der Waals surface area contributed by atoms with E-state index in [-0.39, 0.29) is 25.1 Å². The lowest BCUT2D eigenvalue weighted by atomic mass is 10.0. The van der Waals surface area contributed by atoms with E-state index in [0.717, 1.165) is 59.9 Å². The Morgan fingerprint density at radius 3 is 2.31 bits per heavy atom. The van der Waals surface area contributed by atoms with Crippen molar-refractivity contribution >= 4 is 28.4 Å². The Hall–Kier alpha value is -2.54. The van der Waals surface area contributed by atoms with Crippen LogP contribution in [0.5, 0.6) is 11.5 Å². The number of carbonyl (C=O) groups excluding carboxylic acids is 2. The van der Waals surface area contributed by atoms with Crippen LogP contribution in [0, 0.1) is 11.8 Å². The number of allylic oxidation sites excluding steroid dienone is 2. The largest absolute Gasteiger partial charge is 0.496 e. The molecule has 0 heterocycles. The number of rotatable bonds is 13. The Bertz CT molecular complexity index is 963. The summed E-state index contributed by atoms with van der Waals surface area (Å²) in [7, 11) is 1.68. The Kier molecular flexibility index (Phi) is 17.3. The lowest BCUT2D eigenvalue weighted by Crippen LogP contribution is -2.19. The third-order valence-corrected chi connectivity index (χ3v) is 6.69. The molecule has 0 bridgehead atoms. The van der Waals surface area contributed by atoms with Crippen LogP contribution in [0.3, 0.4) is 0 Å². The van der Waals surface area contributed by atoms with Crippen LogP contribution >= 0.6 is 15.9 Å². The predicted molar refractivity (Wildman–Crippen MR) is 161 cm³/mol. The number of benzene rings is 1. The molecule has 0 spiro atoms. The fourth-order valence-electron chi connectivity index (χ4n) is 4.12. The van der Waals surface area contributed by atoms with Crippen LogP contribution in [0.1, 0.15) is 85.1 Å². The van der Waals surface area contributed by atoms with Crippen LogP contribution in [-0.4, -0.2) is 32.8 Å². The summed E-state index contributed by atoms with van der Waals surface area (Å²) >= 11 is 3.45. The second kappa shape index (κ2) is 19.5. The molecule has 1 aliphatic rings. The third-order valence-electron chi connectivity index (χ3n) is 6.25. The van der Waals surface area contributed by atoms with Crippen LogP contribution in [0.4, 0.5) is 0 Å². The Balaban J connectivity index is 0.000000646. The van der Waals surface area contributed by atoms with Crippen LogP contribution < -0.4 is 9.47 Å². The van der Waals surface area contributed by atoms with Crippen molar-refractivity contribution < 1.29 is 28.5 Å². The van der Waals surface area contributed by atoms with Gasteiger partial charge in [-0.25, -0.2) is 0 Å². The fraction of sp³-hybridized carbons (Fsp3) is 0.562. The van der Waals surface area contributed by atoms with Crippen molar-refractivity contribution in [1.82, 2.24) is 0 Å². The number of hydrogen-bond acceptors (Lipinski definition) is 6. The van der Waals surface area contributed by atoms with Gasteiger partial charge in [-0.2, -0.15) is 0 Å². The minimum atomic E-state index is -0.133. The summed E-state index contributed by atoms with van der Waals surface area (Å²) < 4.78 is 22.4. The summed E-state index contributed by atoms with van der Waals surface area (Å²) in [5.74, 6) is 2.58. The molecule has 0 saturated heterocycles. The van der Waals surface area contributed by atoms with E-state index in [9.17, 15) is 9.59 Å². The number of esters is 1. The molecular formula is C32H47BrO6. The highest BCUT2D eigenvalue weighted by molar-refractivity contribution is 9.11. The quantitative estimate of drug-likeness (QED) is 0.0737. The highest BCUT2D eigenvalue weighted by atomic mass is 79.9. The lowest BCUT2D eigenvalue weighted by molar-refractivity contribution is -0.145. The minimum absolute atomic E-state index is 0.000292. The molecular weight excluding hydrogens is 560 g/mol. The average molecular weight is 608 g/mol. The molecule has 0 amide bonds. The first kappa shape index (κ1) is 34.5. The van der Waals surface area contributed by atoms with E-state index >= 15 is 0 Å². The minimum Gasteiger partial charge on any atom is -0.496 e. The highest BCUT2D eigenvalue weighted by Gasteiger charge is 2.23. The molecule has 0 aromatic heterocycles. The van der Waals surface area contributed by atoms with Gasteiger partial charge in [-0.1, -0.05) is 79.8 Å². The molecule has 1 aromatic carbocycles. The summed E-state index contributed by atoms with van der Waals surface area (Å²) in [6.07, 6.45) is 10.4. The van der Waals surface area contributed by atoms with E-state index in [4.69, 9.17) is 14.2 Å². The first-order chi connectivity index (χ1) is 18.6. The van der Waals surface area contributed by atoms with Gasteiger partial charge < -0.3 is 18.9 Å². The number of aryl methyl sites for hydroxylation is 1. The Morgan fingerprint density at radius 2 is 1.77 bits per heavy atom. The molecule has 6 nitrogen and oxygen atoms in total. The van der Waals surface area contributed by atoms with Gasteiger partial charge >= 0.3 is 5.97 Å². The maximum absolute atomic E-state index is 12.6. The zero-order valence-corrected chi connectivity index (χ0v) is 26.2. The summed E-state index contributed by atoms with van der Waals surface area (Å²) in [6, 6.07) is 5.91. The van der Waals surface area contributed by atoms with Crippen LogP contribution in [0.2, 0.25) is 0 Å². The molecule has 0 aliphatic heterocycles. The van der Waals surface area contributed by atoms with E-state index in [1.807, 2.05) is 39.0 Å². The van der Waals surface area contributed by atoms with Gasteiger partial charge in [0.25, 0.3) is 6.47 Å². The van der Waals surface area contributed by atoms with Gasteiger partial charge in [0.05, 0.1) is 13.0 Å². The van der Waals surface area contributed by atoms with Gasteiger partial charge in [0.1, 0.15) is 24.7 Å². The number of halogens is 1. The van der Waals surface area contributed by atoms with Crippen molar-refractivity contribution in [3.8, 4) is 11.5 Å². The van der Waals surface area contributed by atoms with E-state index in [1.165, 1.54) is 18.4 Å². The predicted octanol–water partition coefficient (Wildman–Crippen LogP) is 8.48. The smallest absolute Gasteiger partial charge is 0.314 e. The zero-order chi connectivity index (χ0) is 29.2. The second-order valence-corrected chi connectivity index (χ2v) is 11.7. The molecule has 2 rings (SSSR count). The molecule has 1 fully saturated rings. The first-order valence-electron chi connectivity index (χ1n) is 13.8. The molecule has 1 aromatic rings. The lowest BCUT2D eigenvalue weighted by Gasteiger charge is -2.17.